The van der Waals surface area contributed by atoms with Crippen LogP contribution in [0.3, 0.4) is 0 Å². The zero-order chi connectivity index (χ0) is 19.7. The number of aromatic hydroxyl groups is 3. The minimum atomic E-state index is 0.215. The van der Waals surface area contributed by atoms with Crippen LogP contribution >= 0.6 is 9.24 Å². The van der Waals surface area contributed by atoms with Crippen LogP contribution in [-0.2, 0) is 12.8 Å². The summed E-state index contributed by atoms with van der Waals surface area (Å²) in [6, 6.07) is 12.9. The van der Waals surface area contributed by atoms with Gasteiger partial charge in [0.2, 0.25) is 0 Å². The molecule has 0 heterocycles. The first-order chi connectivity index (χ1) is 12.8. The van der Waals surface area contributed by atoms with Crippen LogP contribution in [0.15, 0.2) is 42.5 Å². The molecule has 27 heavy (non-hydrogen) atoms. The molecule has 0 aliphatic rings. The van der Waals surface area contributed by atoms with Gasteiger partial charge in [0, 0.05) is 18.4 Å². The average Bonchev–Trinajstić information content (AvgIpc) is 2.62. The van der Waals surface area contributed by atoms with E-state index in [0.717, 1.165) is 44.2 Å². The van der Waals surface area contributed by atoms with E-state index in [-0.39, 0.29) is 17.2 Å². The van der Waals surface area contributed by atoms with Crippen LogP contribution in [0.4, 0.5) is 0 Å². The van der Waals surface area contributed by atoms with Crippen molar-refractivity contribution in [1.82, 2.24) is 0 Å². The first-order valence-electron chi connectivity index (χ1n) is 8.93. The first kappa shape index (κ1) is 19.3. The van der Waals surface area contributed by atoms with Crippen molar-refractivity contribution in [2.24, 2.45) is 0 Å². The van der Waals surface area contributed by atoms with Gasteiger partial charge in [-0.3, -0.25) is 0 Å². The predicted octanol–water partition coefficient (Wildman–Crippen LogP) is 4.41. The monoisotopic (exact) mass is 380 g/mol. The van der Waals surface area contributed by atoms with Crippen LogP contribution < -0.4 is 5.30 Å². The van der Waals surface area contributed by atoms with Crippen molar-refractivity contribution >= 4 is 14.5 Å². The lowest BCUT2D eigenvalue weighted by molar-refractivity contribution is 0.457. The van der Waals surface area contributed by atoms with Crippen molar-refractivity contribution in [2.45, 2.75) is 33.6 Å². The number of phenolic OH excluding ortho intramolecular Hbond substituents is 3. The van der Waals surface area contributed by atoms with E-state index in [9.17, 15) is 15.3 Å². The highest BCUT2D eigenvalue weighted by Crippen LogP contribution is 2.32. The topological polar surface area (TPSA) is 60.7 Å². The fraction of sp³-hybridized carbons (Fsp3) is 0.217. The maximum absolute atomic E-state index is 11.0. The third-order valence-electron chi connectivity index (χ3n) is 4.95. The molecule has 140 valence electrons. The summed E-state index contributed by atoms with van der Waals surface area (Å²) in [4.78, 5) is 0. The Kier molecular flexibility index (Phi) is 5.43. The number of phenols is 3. The standard InChI is InChI=1S/C23H25O3P/c1-13-4-6-20(24)16(8-13)11-18-10-15(3)23(27)19(22(18)26)12-17-9-14(2)5-7-21(17)25/h4-10,24-26H,11-12,27H2,1-3H3. The van der Waals surface area contributed by atoms with Crippen molar-refractivity contribution < 1.29 is 15.3 Å². The summed E-state index contributed by atoms with van der Waals surface area (Å²) < 4.78 is 0. The fourth-order valence-corrected chi connectivity index (χ4v) is 3.71. The van der Waals surface area contributed by atoms with Gasteiger partial charge in [-0.15, -0.1) is 9.24 Å². The van der Waals surface area contributed by atoms with Crippen LogP contribution in [-0.4, -0.2) is 15.3 Å². The van der Waals surface area contributed by atoms with E-state index in [2.05, 4.69) is 9.24 Å². The van der Waals surface area contributed by atoms with E-state index in [0.29, 0.717) is 12.8 Å². The lowest BCUT2D eigenvalue weighted by Gasteiger charge is -2.17. The quantitative estimate of drug-likeness (QED) is 0.588. The summed E-state index contributed by atoms with van der Waals surface area (Å²) in [5.74, 6) is 0.668. The van der Waals surface area contributed by atoms with Gasteiger partial charge in [0.15, 0.2) is 0 Å². The molecule has 3 nitrogen and oxygen atoms in total. The Labute approximate surface area is 162 Å². The number of hydrogen-bond donors (Lipinski definition) is 3. The predicted molar refractivity (Wildman–Crippen MR) is 113 cm³/mol. The molecule has 0 aliphatic heterocycles. The molecule has 3 rings (SSSR count). The summed E-state index contributed by atoms with van der Waals surface area (Å²) in [5, 5.41) is 32.3. The van der Waals surface area contributed by atoms with Crippen LogP contribution in [0, 0.1) is 20.8 Å². The van der Waals surface area contributed by atoms with Crippen LogP contribution in [0.2, 0.25) is 0 Å². The summed E-state index contributed by atoms with van der Waals surface area (Å²) >= 11 is 0. The molecule has 0 amide bonds. The number of aryl methyl sites for hydroxylation is 3. The second-order valence-electron chi connectivity index (χ2n) is 7.21. The van der Waals surface area contributed by atoms with Crippen LogP contribution in [0.5, 0.6) is 17.2 Å². The Morgan fingerprint density at radius 3 is 1.78 bits per heavy atom. The number of benzene rings is 3. The van der Waals surface area contributed by atoms with Crippen molar-refractivity contribution in [1.29, 1.82) is 0 Å². The second kappa shape index (κ2) is 7.62. The lowest BCUT2D eigenvalue weighted by atomic mass is 9.93. The molecule has 0 fully saturated rings. The van der Waals surface area contributed by atoms with Gasteiger partial charge >= 0.3 is 0 Å². The highest BCUT2D eigenvalue weighted by atomic mass is 31.0. The van der Waals surface area contributed by atoms with Gasteiger partial charge in [0.1, 0.15) is 17.2 Å². The van der Waals surface area contributed by atoms with Gasteiger partial charge in [-0.2, -0.15) is 0 Å². The minimum Gasteiger partial charge on any atom is -0.508 e. The van der Waals surface area contributed by atoms with Crippen LogP contribution in [0.1, 0.15) is 38.9 Å². The van der Waals surface area contributed by atoms with Crippen molar-refractivity contribution in [3.8, 4) is 17.2 Å². The highest BCUT2D eigenvalue weighted by Gasteiger charge is 2.17. The highest BCUT2D eigenvalue weighted by molar-refractivity contribution is 7.27. The second-order valence-corrected chi connectivity index (χ2v) is 7.79. The lowest BCUT2D eigenvalue weighted by Crippen LogP contribution is -2.10. The molecule has 0 saturated carbocycles. The molecule has 0 spiro atoms. The van der Waals surface area contributed by atoms with E-state index in [4.69, 9.17) is 0 Å². The maximum atomic E-state index is 11.0. The molecule has 3 N–H and O–H groups in total. The van der Waals surface area contributed by atoms with Gasteiger partial charge in [-0.25, -0.2) is 0 Å². The molecular formula is C23H25O3P. The molecule has 1 atom stereocenters. The van der Waals surface area contributed by atoms with Gasteiger partial charge < -0.3 is 15.3 Å². The SMILES string of the molecule is Cc1ccc(O)c(Cc2cc(C)c(P)c(Cc3cc(C)ccc3O)c2O)c1. The van der Waals surface area contributed by atoms with E-state index >= 15 is 0 Å². The third-order valence-corrected chi connectivity index (χ3v) is 5.75. The third kappa shape index (κ3) is 4.09. The number of hydrogen-bond acceptors (Lipinski definition) is 3. The fourth-order valence-electron chi connectivity index (χ4n) is 3.39. The molecule has 3 aromatic rings. The molecule has 3 aromatic carbocycles. The number of rotatable bonds is 4. The smallest absolute Gasteiger partial charge is 0.123 e. The molecule has 0 saturated heterocycles. The van der Waals surface area contributed by atoms with E-state index < -0.39 is 0 Å². The molecule has 0 aliphatic carbocycles. The summed E-state index contributed by atoms with van der Waals surface area (Å²) in [6.07, 6.45) is 0.880. The minimum absolute atomic E-state index is 0.215. The Bertz CT molecular complexity index is 1010. The normalized spacial score (nSPS) is 11.0. The maximum Gasteiger partial charge on any atom is 0.123 e. The van der Waals surface area contributed by atoms with Gasteiger partial charge in [-0.05, 0) is 60.5 Å². The first-order valence-corrected chi connectivity index (χ1v) is 9.50. The van der Waals surface area contributed by atoms with E-state index in [1.807, 2.05) is 51.1 Å². The molecule has 1 unspecified atom stereocenters. The van der Waals surface area contributed by atoms with E-state index in [1.165, 1.54) is 0 Å². The van der Waals surface area contributed by atoms with Gasteiger partial charge in [-0.1, -0.05) is 41.5 Å². The Morgan fingerprint density at radius 2 is 1.22 bits per heavy atom. The summed E-state index contributed by atoms with van der Waals surface area (Å²) in [5.41, 5.74) is 6.28. The molecular weight excluding hydrogens is 355 g/mol. The van der Waals surface area contributed by atoms with Crippen molar-refractivity contribution in [3.63, 3.8) is 0 Å². The Morgan fingerprint density at radius 1 is 0.704 bits per heavy atom. The van der Waals surface area contributed by atoms with Gasteiger partial charge in [0.25, 0.3) is 0 Å². The molecule has 4 heteroatoms. The molecule has 0 bridgehead atoms. The molecule has 0 radical (unpaired) electrons. The zero-order valence-corrected chi connectivity index (χ0v) is 17.0. The Balaban J connectivity index is 2.05. The van der Waals surface area contributed by atoms with E-state index in [1.54, 1.807) is 12.1 Å². The summed E-state index contributed by atoms with van der Waals surface area (Å²) in [7, 11) is 2.70. The average molecular weight is 380 g/mol. The van der Waals surface area contributed by atoms with Crippen molar-refractivity contribution in [3.05, 3.63) is 81.4 Å². The molecule has 0 aromatic heterocycles. The largest absolute Gasteiger partial charge is 0.508 e. The summed E-state index contributed by atoms with van der Waals surface area (Å²) in [6.45, 7) is 5.96. The van der Waals surface area contributed by atoms with Crippen molar-refractivity contribution in [2.75, 3.05) is 0 Å². The zero-order valence-electron chi connectivity index (χ0n) is 15.9. The Hall–Kier alpha value is -2.51. The van der Waals surface area contributed by atoms with Crippen LogP contribution in [0.25, 0.3) is 0 Å². The van der Waals surface area contributed by atoms with Gasteiger partial charge in [0.05, 0.1) is 0 Å².